The fourth-order valence-electron chi connectivity index (χ4n) is 2.89. The number of carbonyl (C=O) groups excluding carboxylic acids is 2. The van der Waals surface area contributed by atoms with Crippen molar-refractivity contribution >= 4 is 11.9 Å². The Hall–Kier alpha value is -3.47. The maximum atomic E-state index is 13.7. The lowest BCUT2D eigenvalue weighted by atomic mass is 10.0. The second kappa shape index (κ2) is 9.64. The first-order valence-electron chi connectivity index (χ1n) is 9.30. The van der Waals surface area contributed by atoms with Crippen LogP contribution in [0.4, 0.5) is 4.39 Å². The lowest BCUT2D eigenvalue weighted by Crippen LogP contribution is -2.31. The zero-order valence-electron chi connectivity index (χ0n) is 16.2. The van der Waals surface area contributed by atoms with Gasteiger partial charge < -0.3 is 9.64 Å². The van der Waals surface area contributed by atoms with Crippen molar-refractivity contribution in [2.24, 2.45) is 0 Å². The van der Waals surface area contributed by atoms with Crippen molar-refractivity contribution in [3.05, 3.63) is 95.8 Å². The molecular weight excluding hydrogens is 369 g/mol. The Morgan fingerprint density at radius 1 is 0.862 bits per heavy atom. The molecule has 3 rings (SSSR count). The number of benzene rings is 3. The summed E-state index contributed by atoms with van der Waals surface area (Å²) in [6, 6.07) is 23.8. The van der Waals surface area contributed by atoms with Crippen molar-refractivity contribution in [2.75, 3.05) is 13.7 Å². The van der Waals surface area contributed by atoms with Gasteiger partial charge in [-0.2, -0.15) is 0 Å². The fraction of sp³-hybridized carbons (Fsp3) is 0.167. The van der Waals surface area contributed by atoms with Crippen LogP contribution < -0.4 is 0 Å². The van der Waals surface area contributed by atoms with E-state index >= 15 is 0 Å². The van der Waals surface area contributed by atoms with Gasteiger partial charge in [0.25, 0.3) is 5.91 Å². The van der Waals surface area contributed by atoms with E-state index in [0.29, 0.717) is 5.56 Å². The number of likely N-dealkylation sites (N-methyl/N-ethyl adjacent to an activating group) is 1. The predicted molar refractivity (Wildman–Crippen MR) is 109 cm³/mol. The normalized spacial score (nSPS) is 10.4. The fourth-order valence-corrected chi connectivity index (χ4v) is 2.89. The maximum Gasteiger partial charge on any atom is 0.310 e. The van der Waals surface area contributed by atoms with Crippen LogP contribution in [0, 0.1) is 5.82 Å². The number of esters is 1. The van der Waals surface area contributed by atoms with Gasteiger partial charge in [0.15, 0.2) is 6.61 Å². The van der Waals surface area contributed by atoms with Crippen LogP contribution in [-0.4, -0.2) is 30.4 Å². The molecule has 1 amide bonds. The number of amides is 1. The minimum atomic E-state index is -0.481. The molecule has 29 heavy (non-hydrogen) atoms. The highest BCUT2D eigenvalue weighted by Crippen LogP contribution is 2.19. The smallest absolute Gasteiger partial charge is 0.310 e. The SMILES string of the molecule is CN(Cc1ccccc1F)C(=O)COC(=O)Cc1ccc(-c2ccccc2)cc1. The third-order valence-electron chi connectivity index (χ3n) is 4.56. The molecule has 0 fully saturated rings. The summed E-state index contributed by atoms with van der Waals surface area (Å²) < 4.78 is 18.8. The molecule has 0 aliphatic rings. The molecule has 0 saturated carbocycles. The molecule has 4 nitrogen and oxygen atoms in total. The van der Waals surface area contributed by atoms with Gasteiger partial charge in [-0.3, -0.25) is 9.59 Å². The molecule has 0 saturated heterocycles. The van der Waals surface area contributed by atoms with E-state index < -0.39 is 5.97 Å². The Morgan fingerprint density at radius 3 is 2.17 bits per heavy atom. The second-order valence-electron chi connectivity index (χ2n) is 6.74. The van der Waals surface area contributed by atoms with Crippen molar-refractivity contribution < 1.29 is 18.7 Å². The van der Waals surface area contributed by atoms with Crippen LogP contribution in [0.1, 0.15) is 11.1 Å². The maximum absolute atomic E-state index is 13.7. The molecule has 0 unspecified atom stereocenters. The molecule has 3 aromatic carbocycles. The van der Waals surface area contributed by atoms with Crippen molar-refractivity contribution in [1.29, 1.82) is 0 Å². The Balaban J connectivity index is 1.48. The van der Waals surface area contributed by atoms with Gasteiger partial charge in [0, 0.05) is 19.2 Å². The van der Waals surface area contributed by atoms with Crippen molar-refractivity contribution in [3.63, 3.8) is 0 Å². The largest absolute Gasteiger partial charge is 0.455 e. The van der Waals surface area contributed by atoms with Gasteiger partial charge in [-0.15, -0.1) is 0 Å². The highest BCUT2D eigenvalue weighted by molar-refractivity contribution is 5.81. The number of carbonyl (C=O) groups is 2. The molecule has 5 heteroatoms. The molecule has 0 spiro atoms. The van der Waals surface area contributed by atoms with Gasteiger partial charge in [-0.25, -0.2) is 4.39 Å². The zero-order valence-corrected chi connectivity index (χ0v) is 16.2. The van der Waals surface area contributed by atoms with Crippen LogP contribution in [0.5, 0.6) is 0 Å². The summed E-state index contributed by atoms with van der Waals surface area (Å²) in [6.07, 6.45) is 0.0827. The number of halogens is 1. The molecule has 0 N–H and O–H groups in total. The van der Waals surface area contributed by atoms with E-state index in [9.17, 15) is 14.0 Å². The van der Waals surface area contributed by atoms with Gasteiger partial charge >= 0.3 is 5.97 Å². The van der Waals surface area contributed by atoms with Crippen LogP contribution in [-0.2, 0) is 27.3 Å². The molecule has 0 atom stereocenters. The average molecular weight is 391 g/mol. The number of ether oxygens (including phenoxy) is 1. The van der Waals surface area contributed by atoms with Crippen molar-refractivity contribution in [2.45, 2.75) is 13.0 Å². The van der Waals surface area contributed by atoms with E-state index in [-0.39, 0.29) is 31.3 Å². The number of rotatable bonds is 7. The lowest BCUT2D eigenvalue weighted by molar-refractivity contribution is -0.151. The summed E-state index contributed by atoms with van der Waals surface area (Å²) >= 11 is 0. The first-order valence-corrected chi connectivity index (χ1v) is 9.30. The van der Waals surface area contributed by atoms with E-state index in [1.807, 2.05) is 54.6 Å². The molecule has 148 valence electrons. The quantitative estimate of drug-likeness (QED) is 0.566. The Bertz CT molecular complexity index is 971. The van der Waals surface area contributed by atoms with Crippen molar-refractivity contribution in [3.8, 4) is 11.1 Å². The van der Waals surface area contributed by atoms with Crippen LogP contribution >= 0.6 is 0 Å². The molecule has 0 bridgehead atoms. The van der Waals surface area contributed by atoms with Gasteiger partial charge in [-0.1, -0.05) is 72.8 Å². The molecule has 0 aromatic heterocycles. The summed E-state index contributed by atoms with van der Waals surface area (Å²) in [6.45, 7) is -0.254. The van der Waals surface area contributed by atoms with Gasteiger partial charge in [0.2, 0.25) is 0 Å². The van der Waals surface area contributed by atoms with Gasteiger partial charge in [-0.05, 0) is 22.8 Å². The number of nitrogens with zero attached hydrogens (tertiary/aromatic N) is 1. The Labute approximate surface area is 169 Å². The minimum absolute atomic E-state index is 0.0827. The first-order chi connectivity index (χ1) is 14.0. The summed E-state index contributed by atoms with van der Waals surface area (Å²) in [5.74, 6) is -1.24. The molecular formula is C24H22FNO3. The first kappa shape index (κ1) is 20.3. The monoisotopic (exact) mass is 391 g/mol. The molecule has 0 heterocycles. The Morgan fingerprint density at radius 2 is 1.48 bits per heavy atom. The van der Waals surface area contributed by atoms with Crippen molar-refractivity contribution in [1.82, 2.24) is 4.90 Å². The summed E-state index contributed by atoms with van der Waals surface area (Å²) in [5, 5.41) is 0. The molecule has 0 aliphatic heterocycles. The van der Waals surface area contributed by atoms with Crippen LogP contribution in [0.25, 0.3) is 11.1 Å². The summed E-state index contributed by atoms with van der Waals surface area (Å²) in [4.78, 5) is 25.5. The van der Waals surface area contributed by atoms with E-state index in [1.54, 1.807) is 25.2 Å². The molecule has 3 aromatic rings. The topological polar surface area (TPSA) is 46.6 Å². The van der Waals surface area contributed by atoms with E-state index in [2.05, 4.69) is 0 Å². The summed E-state index contributed by atoms with van der Waals surface area (Å²) in [7, 11) is 1.55. The average Bonchev–Trinajstić information content (AvgIpc) is 2.75. The standard InChI is InChI=1S/C24H22FNO3/c1-26(16-21-9-5-6-10-22(21)25)23(27)17-29-24(28)15-18-11-13-20(14-12-18)19-7-3-2-4-8-19/h2-14H,15-17H2,1H3. The molecule has 0 radical (unpaired) electrons. The van der Waals surface area contributed by atoms with E-state index in [1.165, 1.54) is 11.0 Å². The lowest BCUT2D eigenvalue weighted by Gasteiger charge is -2.17. The highest BCUT2D eigenvalue weighted by atomic mass is 19.1. The minimum Gasteiger partial charge on any atom is -0.455 e. The van der Waals surface area contributed by atoms with E-state index in [0.717, 1.165) is 16.7 Å². The van der Waals surface area contributed by atoms with Gasteiger partial charge in [0.1, 0.15) is 5.82 Å². The predicted octanol–water partition coefficient (Wildman–Crippen LogP) is 4.24. The highest BCUT2D eigenvalue weighted by Gasteiger charge is 2.14. The van der Waals surface area contributed by atoms with Gasteiger partial charge in [0.05, 0.1) is 6.42 Å². The van der Waals surface area contributed by atoms with Crippen LogP contribution in [0.3, 0.4) is 0 Å². The van der Waals surface area contributed by atoms with Crippen LogP contribution in [0.15, 0.2) is 78.9 Å². The second-order valence-corrected chi connectivity index (χ2v) is 6.74. The number of hydrogen-bond donors (Lipinski definition) is 0. The summed E-state index contributed by atoms with van der Waals surface area (Å²) in [5.41, 5.74) is 3.38. The number of hydrogen-bond acceptors (Lipinski definition) is 3. The third kappa shape index (κ3) is 5.75. The zero-order chi connectivity index (χ0) is 20.6. The Kier molecular flexibility index (Phi) is 6.74. The van der Waals surface area contributed by atoms with Crippen LogP contribution in [0.2, 0.25) is 0 Å². The van der Waals surface area contributed by atoms with E-state index in [4.69, 9.17) is 4.74 Å². The molecule has 0 aliphatic carbocycles. The third-order valence-corrected chi connectivity index (χ3v) is 4.56.